The lowest BCUT2D eigenvalue weighted by molar-refractivity contribution is -0.125. The summed E-state index contributed by atoms with van der Waals surface area (Å²) in [7, 11) is 0. The first-order valence-electron chi connectivity index (χ1n) is 9.59. The Hall–Kier alpha value is -2.37. The summed E-state index contributed by atoms with van der Waals surface area (Å²) in [6.45, 7) is 2.97. The van der Waals surface area contributed by atoms with Crippen molar-refractivity contribution in [3.05, 3.63) is 59.1 Å². The highest BCUT2D eigenvalue weighted by atomic mass is 35.5. The van der Waals surface area contributed by atoms with Crippen LogP contribution in [-0.4, -0.2) is 25.0 Å². The van der Waals surface area contributed by atoms with Gasteiger partial charge in [0.05, 0.1) is 5.41 Å². The summed E-state index contributed by atoms with van der Waals surface area (Å²) in [5.74, 6) is -0.149. The number of rotatable bonds is 6. The van der Waals surface area contributed by atoms with Crippen molar-refractivity contribution >= 4 is 34.8 Å². The third-order valence-electron chi connectivity index (χ3n) is 5.05. The number of benzene rings is 2. The molecule has 1 heterocycles. The van der Waals surface area contributed by atoms with Crippen molar-refractivity contribution in [1.29, 1.82) is 0 Å². The Balaban J connectivity index is 1.83. The van der Waals surface area contributed by atoms with Crippen LogP contribution in [0.5, 0.6) is 0 Å². The molecule has 0 aliphatic carbocycles. The van der Waals surface area contributed by atoms with Gasteiger partial charge in [0.25, 0.3) is 0 Å². The van der Waals surface area contributed by atoms with Gasteiger partial charge in [-0.15, -0.1) is 0 Å². The first-order valence-corrected chi connectivity index (χ1v) is 9.97. The van der Waals surface area contributed by atoms with Crippen molar-refractivity contribution < 1.29 is 14.3 Å². The first kappa shape index (κ1) is 20.4. The molecule has 0 radical (unpaired) electrons. The number of halogens is 1. The molecule has 28 heavy (non-hydrogen) atoms. The largest absolute Gasteiger partial charge is 0.381 e. The molecule has 2 aromatic rings. The van der Waals surface area contributed by atoms with Gasteiger partial charge in [-0.1, -0.05) is 42.8 Å². The van der Waals surface area contributed by atoms with Crippen molar-refractivity contribution in [3.63, 3.8) is 0 Å². The van der Waals surface area contributed by atoms with Gasteiger partial charge in [-0.3, -0.25) is 9.59 Å². The van der Waals surface area contributed by atoms with E-state index in [9.17, 15) is 9.59 Å². The molecule has 2 N–H and O–H groups in total. The van der Waals surface area contributed by atoms with Gasteiger partial charge in [0.15, 0.2) is 0 Å². The van der Waals surface area contributed by atoms with E-state index in [-0.39, 0.29) is 11.8 Å². The lowest BCUT2D eigenvalue weighted by Gasteiger charge is -2.36. The van der Waals surface area contributed by atoms with Crippen LogP contribution in [0.1, 0.15) is 38.2 Å². The smallest absolute Gasteiger partial charge is 0.235 e. The van der Waals surface area contributed by atoms with Gasteiger partial charge in [-0.2, -0.15) is 0 Å². The number of anilines is 2. The summed E-state index contributed by atoms with van der Waals surface area (Å²) in [5.41, 5.74) is 1.38. The zero-order chi connectivity index (χ0) is 20.0. The minimum absolute atomic E-state index is 0.0389. The molecule has 1 aliphatic rings. The third-order valence-corrected chi connectivity index (χ3v) is 5.38. The van der Waals surface area contributed by atoms with E-state index in [1.807, 2.05) is 49.4 Å². The summed E-state index contributed by atoms with van der Waals surface area (Å²) in [5, 5.41) is 6.46. The molecule has 0 saturated carbocycles. The average Bonchev–Trinajstić information content (AvgIpc) is 2.69. The van der Waals surface area contributed by atoms with Gasteiger partial charge in [0.2, 0.25) is 11.8 Å². The lowest BCUT2D eigenvalue weighted by atomic mass is 9.73. The summed E-state index contributed by atoms with van der Waals surface area (Å²) in [6, 6.07) is 14.7. The Bertz CT molecular complexity index is 847. The normalized spacial score (nSPS) is 15.6. The fourth-order valence-electron chi connectivity index (χ4n) is 3.56. The standard InChI is InChI=1S/C22H25ClN2O3/c1-2-6-20(26)24-16-7-5-8-17(15-16)25-21(27)22(11-13-28-14-12-22)18-9-3-4-10-19(18)23/h3-5,7-10,15H,2,6,11-14H2,1H3,(H,24,26)(H,25,27). The van der Waals surface area contributed by atoms with Gasteiger partial charge in [-0.25, -0.2) is 0 Å². The van der Waals surface area contributed by atoms with Gasteiger partial charge in [0.1, 0.15) is 0 Å². The highest BCUT2D eigenvalue weighted by Crippen LogP contribution is 2.39. The fourth-order valence-corrected chi connectivity index (χ4v) is 3.88. The fraction of sp³-hybridized carbons (Fsp3) is 0.364. The lowest BCUT2D eigenvalue weighted by Crippen LogP contribution is -2.45. The molecule has 0 atom stereocenters. The molecule has 0 aromatic heterocycles. The topological polar surface area (TPSA) is 67.4 Å². The van der Waals surface area contributed by atoms with E-state index in [0.717, 1.165) is 12.0 Å². The molecule has 1 fully saturated rings. The van der Waals surface area contributed by atoms with Crippen molar-refractivity contribution in [2.75, 3.05) is 23.8 Å². The molecule has 0 spiro atoms. The Morgan fingerprint density at radius 1 is 1.04 bits per heavy atom. The Kier molecular flexibility index (Phi) is 6.70. The number of nitrogens with one attached hydrogen (secondary N) is 2. The summed E-state index contributed by atoms with van der Waals surface area (Å²) < 4.78 is 5.50. The Morgan fingerprint density at radius 2 is 1.71 bits per heavy atom. The predicted octanol–water partition coefficient (Wildman–Crippen LogP) is 4.77. The maximum absolute atomic E-state index is 13.4. The predicted molar refractivity (Wildman–Crippen MR) is 112 cm³/mol. The van der Waals surface area contributed by atoms with Crippen molar-refractivity contribution in [2.24, 2.45) is 0 Å². The zero-order valence-corrected chi connectivity index (χ0v) is 16.7. The molecular weight excluding hydrogens is 376 g/mol. The minimum Gasteiger partial charge on any atom is -0.381 e. The van der Waals surface area contributed by atoms with E-state index >= 15 is 0 Å². The molecule has 6 heteroatoms. The molecule has 0 bridgehead atoms. The molecule has 0 unspecified atom stereocenters. The second kappa shape index (κ2) is 9.22. The van der Waals surface area contributed by atoms with E-state index in [4.69, 9.17) is 16.3 Å². The van der Waals surface area contributed by atoms with Crippen molar-refractivity contribution in [2.45, 2.75) is 38.0 Å². The molecule has 3 rings (SSSR count). The zero-order valence-electron chi connectivity index (χ0n) is 16.0. The van der Waals surface area contributed by atoms with E-state index in [2.05, 4.69) is 10.6 Å². The number of carbonyl (C=O) groups is 2. The van der Waals surface area contributed by atoms with Crippen LogP contribution >= 0.6 is 11.6 Å². The third kappa shape index (κ3) is 4.54. The highest BCUT2D eigenvalue weighted by molar-refractivity contribution is 6.31. The summed E-state index contributed by atoms with van der Waals surface area (Å²) in [4.78, 5) is 25.2. The summed E-state index contributed by atoms with van der Waals surface area (Å²) in [6.07, 6.45) is 2.38. The number of hydrogen-bond donors (Lipinski definition) is 2. The monoisotopic (exact) mass is 400 g/mol. The van der Waals surface area contributed by atoms with Crippen LogP contribution in [0.2, 0.25) is 5.02 Å². The molecule has 2 amide bonds. The molecule has 148 valence electrons. The molecular formula is C22H25ClN2O3. The molecule has 1 aliphatic heterocycles. The van der Waals surface area contributed by atoms with Crippen LogP contribution in [0.4, 0.5) is 11.4 Å². The van der Waals surface area contributed by atoms with Gasteiger partial charge >= 0.3 is 0 Å². The highest BCUT2D eigenvalue weighted by Gasteiger charge is 2.43. The average molecular weight is 401 g/mol. The SMILES string of the molecule is CCCC(=O)Nc1cccc(NC(=O)C2(c3ccccc3Cl)CCOCC2)c1. The maximum Gasteiger partial charge on any atom is 0.235 e. The molecule has 1 saturated heterocycles. The van der Waals surface area contributed by atoms with Gasteiger partial charge in [-0.05, 0) is 49.1 Å². The van der Waals surface area contributed by atoms with Crippen LogP contribution < -0.4 is 10.6 Å². The van der Waals surface area contributed by atoms with Crippen LogP contribution in [0, 0.1) is 0 Å². The van der Waals surface area contributed by atoms with Gasteiger partial charge < -0.3 is 15.4 Å². The van der Waals surface area contributed by atoms with Crippen LogP contribution in [-0.2, 0) is 19.7 Å². The van der Waals surface area contributed by atoms with Crippen LogP contribution in [0.15, 0.2) is 48.5 Å². The molecule has 5 nitrogen and oxygen atoms in total. The number of hydrogen-bond acceptors (Lipinski definition) is 3. The van der Waals surface area contributed by atoms with E-state index < -0.39 is 5.41 Å². The number of amides is 2. The Labute approximate surface area is 170 Å². The maximum atomic E-state index is 13.4. The van der Waals surface area contributed by atoms with Crippen molar-refractivity contribution in [3.8, 4) is 0 Å². The quantitative estimate of drug-likeness (QED) is 0.734. The second-order valence-corrected chi connectivity index (χ2v) is 7.41. The Morgan fingerprint density at radius 3 is 2.39 bits per heavy atom. The van der Waals surface area contributed by atoms with Crippen molar-refractivity contribution in [1.82, 2.24) is 0 Å². The van der Waals surface area contributed by atoms with Crippen LogP contribution in [0.3, 0.4) is 0 Å². The second-order valence-electron chi connectivity index (χ2n) is 7.01. The number of ether oxygens (including phenoxy) is 1. The van der Waals surface area contributed by atoms with E-state index in [0.29, 0.717) is 48.9 Å². The number of carbonyl (C=O) groups excluding carboxylic acids is 2. The molecule has 2 aromatic carbocycles. The van der Waals surface area contributed by atoms with Gasteiger partial charge in [0, 0.05) is 36.0 Å². The summed E-state index contributed by atoms with van der Waals surface area (Å²) >= 11 is 6.44. The van der Waals surface area contributed by atoms with Crippen LogP contribution in [0.25, 0.3) is 0 Å². The minimum atomic E-state index is -0.738. The van der Waals surface area contributed by atoms with E-state index in [1.54, 1.807) is 6.07 Å². The first-order chi connectivity index (χ1) is 13.5. The van der Waals surface area contributed by atoms with E-state index in [1.165, 1.54) is 0 Å².